The second-order valence-corrected chi connectivity index (χ2v) is 4.73. The largest absolute Gasteiger partial charge is 0.484 e. The Morgan fingerprint density at radius 2 is 2.20 bits per heavy atom. The quantitative estimate of drug-likeness (QED) is 0.764. The normalized spacial score (nSPS) is 13.2. The van der Waals surface area contributed by atoms with Gasteiger partial charge in [-0.15, -0.1) is 0 Å². The van der Waals surface area contributed by atoms with Gasteiger partial charge in [0.2, 0.25) is 0 Å². The summed E-state index contributed by atoms with van der Waals surface area (Å²) in [6.45, 7) is 1.19. The van der Waals surface area contributed by atoms with Crippen molar-refractivity contribution in [1.29, 1.82) is 0 Å². The van der Waals surface area contributed by atoms with Crippen molar-refractivity contribution in [2.45, 2.75) is 19.3 Å². The molecule has 1 aromatic rings. The lowest BCUT2D eigenvalue weighted by atomic mass is 10.1. The number of rotatable bonds is 7. The maximum atomic E-state index is 11.5. The van der Waals surface area contributed by atoms with Crippen molar-refractivity contribution in [2.75, 3.05) is 26.9 Å². The molecule has 5 heteroatoms. The van der Waals surface area contributed by atoms with Crippen LogP contribution in [0.3, 0.4) is 0 Å². The zero-order valence-corrected chi connectivity index (χ0v) is 11.6. The fraction of sp³-hybridized carbons (Fsp3) is 0.467. The van der Waals surface area contributed by atoms with Gasteiger partial charge in [-0.25, -0.2) is 0 Å². The van der Waals surface area contributed by atoms with Gasteiger partial charge in [-0.2, -0.15) is 0 Å². The smallest absolute Gasteiger partial charge is 0.257 e. The maximum Gasteiger partial charge on any atom is 0.257 e. The second-order valence-electron chi connectivity index (χ2n) is 4.73. The first-order chi connectivity index (χ1) is 9.70. The van der Waals surface area contributed by atoms with E-state index in [-0.39, 0.29) is 18.3 Å². The summed E-state index contributed by atoms with van der Waals surface area (Å²) in [4.78, 5) is 23.0. The van der Waals surface area contributed by atoms with E-state index in [1.807, 2.05) is 6.07 Å². The highest BCUT2D eigenvalue weighted by Crippen LogP contribution is 2.25. The molecule has 0 spiro atoms. The van der Waals surface area contributed by atoms with Crippen molar-refractivity contribution >= 4 is 11.7 Å². The number of benzene rings is 1. The topological polar surface area (TPSA) is 64.6 Å². The van der Waals surface area contributed by atoms with Crippen LogP contribution >= 0.6 is 0 Å². The third-order valence-corrected chi connectivity index (χ3v) is 3.22. The van der Waals surface area contributed by atoms with Crippen LogP contribution in [0.4, 0.5) is 0 Å². The van der Waals surface area contributed by atoms with Crippen LogP contribution in [0.25, 0.3) is 0 Å². The van der Waals surface area contributed by atoms with Crippen molar-refractivity contribution in [3.63, 3.8) is 0 Å². The number of amides is 1. The molecule has 1 aliphatic carbocycles. The molecule has 1 amide bonds. The van der Waals surface area contributed by atoms with E-state index in [1.165, 1.54) is 0 Å². The number of hydrogen-bond acceptors (Lipinski definition) is 4. The number of ketones is 1. The molecular formula is C15H19NO4. The Balaban J connectivity index is 1.77. The van der Waals surface area contributed by atoms with Gasteiger partial charge in [-0.3, -0.25) is 9.59 Å². The lowest BCUT2D eigenvalue weighted by molar-refractivity contribution is -0.123. The molecule has 1 aliphatic rings. The van der Waals surface area contributed by atoms with Crippen molar-refractivity contribution < 1.29 is 19.1 Å². The lowest BCUT2D eigenvalue weighted by Crippen LogP contribution is -2.30. The van der Waals surface area contributed by atoms with Gasteiger partial charge < -0.3 is 14.8 Å². The summed E-state index contributed by atoms with van der Waals surface area (Å²) in [7, 11) is 1.63. The minimum atomic E-state index is -0.155. The fourth-order valence-corrected chi connectivity index (χ4v) is 2.17. The summed E-state index contributed by atoms with van der Waals surface area (Å²) in [6, 6.07) is 5.36. The Morgan fingerprint density at radius 1 is 1.35 bits per heavy atom. The fourth-order valence-electron chi connectivity index (χ4n) is 2.17. The molecule has 0 aromatic heterocycles. The van der Waals surface area contributed by atoms with Crippen LogP contribution in [-0.2, 0) is 16.0 Å². The van der Waals surface area contributed by atoms with Gasteiger partial charge in [0.15, 0.2) is 12.4 Å². The Morgan fingerprint density at radius 3 is 3.00 bits per heavy atom. The molecule has 108 valence electrons. The lowest BCUT2D eigenvalue weighted by Gasteiger charge is -2.08. The molecule has 0 heterocycles. The standard InChI is InChI=1S/C15H19NO4/c1-19-8-2-7-16-15(18)10-20-12-4-5-13-11(9-12)3-6-14(13)17/h4-5,9H,2-3,6-8,10H2,1H3,(H,16,18). The number of carbonyl (C=O) groups excluding carboxylic acids is 2. The molecule has 0 saturated heterocycles. The predicted molar refractivity (Wildman–Crippen MR) is 74.1 cm³/mol. The first-order valence-corrected chi connectivity index (χ1v) is 6.75. The van der Waals surface area contributed by atoms with Gasteiger partial charge in [0.1, 0.15) is 5.75 Å². The predicted octanol–water partition coefficient (Wildman–Crippen LogP) is 1.35. The number of Topliss-reactive ketones (excluding diaryl/α,β-unsaturated/α-hetero) is 1. The molecule has 0 atom stereocenters. The van der Waals surface area contributed by atoms with Crippen molar-refractivity contribution in [3.8, 4) is 5.75 Å². The molecule has 0 fully saturated rings. The average Bonchev–Trinajstić information content (AvgIpc) is 2.82. The summed E-state index contributed by atoms with van der Waals surface area (Å²) < 4.78 is 10.3. The summed E-state index contributed by atoms with van der Waals surface area (Å²) in [6.07, 6.45) is 2.11. The molecule has 0 bridgehead atoms. The third-order valence-electron chi connectivity index (χ3n) is 3.22. The summed E-state index contributed by atoms with van der Waals surface area (Å²) in [5.74, 6) is 0.658. The highest BCUT2D eigenvalue weighted by atomic mass is 16.5. The number of carbonyl (C=O) groups is 2. The number of hydrogen-bond donors (Lipinski definition) is 1. The maximum absolute atomic E-state index is 11.5. The van der Waals surface area contributed by atoms with Crippen molar-refractivity contribution in [2.24, 2.45) is 0 Å². The highest BCUT2D eigenvalue weighted by molar-refractivity contribution is 6.00. The van der Waals surface area contributed by atoms with E-state index in [4.69, 9.17) is 9.47 Å². The van der Waals surface area contributed by atoms with E-state index < -0.39 is 0 Å². The van der Waals surface area contributed by atoms with E-state index in [0.717, 1.165) is 24.0 Å². The SMILES string of the molecule is COCCCNC(=O)COc1ccc2c(c1)CCC2=O. The molecule has 0 radical (unpaired) electrons. The Kier molecular flexibility index (Phi) is 5.12. The van der Waals surface area contributed by atoms with E-state index in [1.54, 1.807) is 19.2 Å². The van der Waals surface area contributed by atoms with Gasteiger partial charge in [0.05, 0.1) is 0 Å². The number of methoxy groups -OCH3 is 1. The molecule has 0 saturated carbocycles. The van der Waals surface area contributed by atoms with Crippen LogP contribution in [0.2, 0.25) is 0 Å². The molecular weight excluding hydrogens is 258 g/mol. The summed E-state index contributed by atoms with van der Waals surface area (Å²) >= 11 is 0. The highest BCUT2D eigenvalue weighted by Gasteiger charge is 2.19. The van der Waals surface area contributed by atoms with E-state index in [0.29, 0.717) is 25.3 Å². The Bertz CT molecular complexity index is 499. The summed E-state index contributed by atoms with van der Waals surface area (Å²) in [5, 5.41) is 2.75. The summed E-state index contributed by atoms with van der Waals surface area (Å²) in [5.41, 5.74) is 1.79. The molecule has 1 N–H and O–H groups in total. The van der Waals surface area contributed by atoms with Gasteiger partial charge in [0.25, 0.3) is 5.91 Å². The molecule has 20 heavy (non-hydrogen) atoms. The van der Waals surface area contributed by atoms with Crippen LogP contribution in [-0.4, -0.2) is 38.6 Å². The number of fused-ring (bicyclic) bond motifs is 1. The second kappa shape index (κ2) is 7.05. The number of nitrogens with one attached hydrogen (secondary N) is 1. The minimum absolute atomic E-state index is 0.0142. The zero-order chi connectivity index (χ0) is 14.4. The van der Waals surface area contributed by atoms with Crippen molar-refractivity contribution in [3.05, 3.63) is 29.3 Å². The first kappa shape index (κ1) is 14.5. The average molecular weight is 277 g/mol. The molecule has 5 nitrogen and oxygen atoms in total. The van der Waals surface area contributed by atoms with Crippen LogP contribution in [0.5, 0.6) is 5.75 Å². The third kappa shape index (κ3) is 3.81. The zero-order valence-electron chi connectivity index (χ0n) is 11.6. The molecule has 0 unspecified atom stereocenters. The molecule has 0 aliphatic heterocycles. The monoisotopic (exact) mass is 277 g/mol. The van der Waals surface area contributed by atoms with Gasteiger partial charge in [-0.05, 0) is 36.6 Å². The number of aryl methyl sites for hydroxylation is 1. The van der Waals surface area contributed by atoms with Crippen LogP contribution in [0, 0.1) is 0 Å². The van der Waals surface area contributed by atoms with E-state index in [9.17, 15) is 9.59 Å². The van der Waals surface area contributed by atoms with Crippen LogP contribution in [0.15, 0.2) is 18.2 Å². The molecule has 1 aromatic carbocycles. The van der Waals surface area contributed by atoms with Gasteiger partial charge in [-0.1, -0.05) is 0 Å². The van der Waals surface area contributed by atoms with Crippen LogP contribution < -0.4 is 10.1 Å². The van der Waals surface area contributed by atoms with Gasteiger partial charge >= 0.3 is 0 Å². The molecule has 2 rings (SSSR count). The van der Waals surface area contributed by atoms with Crippen LogP contribution in [0.1, 0.15) is 28.8 Å². The Labute approximate surface area is 118 Å². The minimum Gasteiger partial charge on any atom is -0.484 e. The first-order valence-electron chi connectivity index (χ1n) is 6.75. The van der Waals surface area contributed by atoms with Crippen molar-refractivity contribution in [1.82, 2.24) is 5.32 Å². The van der Waals surface area contributed by atoms with E-state index >= 15 is 0 Å². The van der Waals surface area contributed by atoms with Gasteiger partial charge in [0, 0.05) is 32.2 Å². The number of ether oxygens (including phenoxy) is 2. The Hall–Kier alpha value is -1.88. The van der Waals surface area contributed by atoms with E-state index in [2.05, 4.69) is 5.32 Å².